The maximum atomic E-state index is 13.5. The quantitative estimate of drug-likeness (QED) is 0.518. The fourth-order valence-corrected chi connectivity index (χ4v) is 5.14. The molecule has 34 heavy (non-hydrogen) atoms. The number of piperidine rings is 1. The number of ether oxygens (including phenoxy) is 2. The first-order valence-electron chi connectivity index (χ1n) is 11.4. The van der Waals surface area contributed by atoms with E-state index in [1.54, 1.807) is 4.90 Å². The molecule has 1 saturated heterocycles. The van der Waals surface area contributed by atoms with E-state index >= 15 is 0 Å². The highest BCUT2D eigenvalue weighted by molar-refractivity contribution is 9.10. The number of halogens is 1. The lowest BCUT2D eigenvalue weighted by Gasteiger charge is -2.29. The number of anilines is 1. The van der Waals surface area contributed by atoms with Crippen LogP contribution in [0.25, 0.3) is 6.08 Å². The van der Waals surface area contributed by atoms with E-state index in [-0.39, 0.29) is 24.0 Å². The molecule has 1 N–H and O–H groups in total. The zero-order valence-electron chi connectivity index (χ0n) is 19.5. The van der Waals surface area contributed by atoms with Gasteiger partial charge in [0.1, 0.15) is 22.1 Å². The van der Waals surface area contributed by atoms with Crippen LogP contribution in [-0.2, 0) is 27.4 Å². The first-order valence-corrected chi connectivity index (χ1v) is 12.2. The van der Waals surface area contributed by atoms with Gasteiger partial charge in [-0.15, -0.1) is 0 Å². The highest BCUT2D eigenvalue weighted by Gasteiger charge is 2.68. The average molecular weight is 530 g/mol. The van der Waals surface area contributed by atoms with E-state index in [9.17, 15) is 9.59 Å². The number of nitrogens with one attached hydrogen (secondary N) is 1. The van der Waals surface area contributed by atoms with Crippen molar-refractivity contribution < 1.29 is 19.1 Å². The minimum Gasteiger partial charge on any atom is -0.444 e. The third-order valence-electron chi connectivity index (χ3n) is 6.41. The van der Waals surface area contributed by atoms with Crippen molar-refractivity contribution in [3.63, 3.8) is 0 Å². The molecule has 3 atom stereocenters. The smallest absolute Gasteiger partial charge is 0.411 e. The molecule has 1 spiro atoms. The van der Waals surface area contributed by atoms with Gasteiger partial charge in [-0.1, -0.05) is 12.1 Å². The second kappa shape index (κ2) is 8.49. The van der Waals surface area contributed by atoms with Crippen molar-refractivity contribution in [3.05, 3.63) is 46.3 Å². The summed E-state index contributed by atoms with van der Waals surface area (Å²) >= 11 is 3.38. The minimum absolute atomic E-state index is 0.0738. The average Bonchev–Trinajstić information content (AvgIpc) is 3.09. The van der Waals surface area contributed by atoms with Crippen LogP contribution in [0.4, 0.5) is 10.6 Å². The second-order valence-electron chi connectivity index (χ2n) is 10.2. The van der Waals surface area contributed by atoms with Crippen molar-refractivity contribution in [3.8, 4) is 0 Å². The van der Waals surface area contributed by atoms with Crippen LogP contribution in [0, 0.1) is 5.41 Å². The molecule has 0 radical (unpaired) electrons. The van der Waals surface area contributed by atoms with Crippen LogP contribution in [0.3, 0.4) is 0 Å². The molecular formula is C24H28BrN5O4. The van der Waals surface area contributed by atoms with E-state index in [4.69, 9.17) is 9.47 Å². The van der Waals surface area contributed by atoms with Gasteiger partial charge >= 0.3 is 6.09 Å². The molecule has 10 heteroatoms. The van der Waals surface area contributed by atoms with Crippen molar-refractivity contribution >= 4 is 39.8 Å². The van der Waals surface area contributed by atoms with Gasteiger partial charge in [0, 0.05) is 29.8 Å². The molecule has 4 heterocycles. The summed E-state index contributed by atoms with van der Waals surface area (Å²) < 4.78 is 14.0. The number of fused-ring (bicyclic) bond motifs is 4. The molecule has 2 aliphatic heterocycles. The minimum atomic E-state index is -0.661. The van der Waals surface area contributed by atoms with E-state index in [1.165, 1.54) is 0 Å². The lowest BCUT2D eigenvalue weighted by Crippen LogP contribution is -2.47. The summed E-state index contributed by atoms with van der Waals surface area (Å²) in [5.74, 6) is 0.140. The van der Waals surface area contributed by atoms with E-state index in [0.717, 1.165) is 17.7 Å². The van der Waals surface area contributed by atoms with Gasteiger partial charge in [-0.3, -0.25) is 14.4 Å². The van der Waals surface area contributed by atoms with Crippen molar-refractivity contribution in [2.45, 2.75) is 64.4 Å². The molecule has 2 aromatic rings. The van der Waals surface area contributed by atoms with Crippen LogP contribution in [-0.4, -0.2) is 56.0 Å². The summed E-state index contributed by atoms with van der Waals surface area (Å²) in [5, 5.41) is 7.59. The van der Waals surface area contributed by atoms with Gasteiger partial charge in [0.15, 0.2) is 0 Å². The number of carbonyl (C=O) groups excluding carboxylic acids is 2. The number of aromatic nitrogens is 3. The third kappa shape index (κ3) is 4.61. The fraction of sp³-hybridized carbons (Fsp3) is 0.500. The zero-order chi connectivity index (χ0) is 24.1. The van der Waals surface area contributed by atoms with Gasteiger partial charge in [-0.2, -0.15) is 5.10 Å². The largest absolute Gasteiger partial charge is 0.444 e. The molecule has 2 amide bonds. The van der Waals surface area contributed by atoms with Crippen molar-refractivity contribution in [2.75, 3.05) is 11.9 Å². The third-order valence-corrected chi connectivity index (χ3v) is 6.85. The van der Waals surface area contributed by atoms with Gasteiger partial charge in [0.25, 0.3) is 0 Å². The van der Waals surface area contributed by atoms with Crippen LogP contribution in [0.5, 0.6) is 0 Å². The molecular weight excluding hydrogens is 502 g/mol. The summed E-state index contributed by atoms with van der Waals surface area (Å²) in [6.07, 6.45) is 6.66. The Morgan fingerprint density at radius 1 is 1.29 bits per heavy atom. The molecule has 4 bridgehead atoms. The summed E-state index contributed by atoms with van der Waals surface area (Å²) in [6.45, 7) is 6.79. The van der Waals surface area contributed by atoms with Gasteiger partial charge in [-0.05, 0) is 67.8 Å². The van der Waals surface area contributed by atoms with E-state index in [2.05, 4.69) is 31.3 Å². The number of hydrogen-bond donors (Lipinski definition) is 1. The molecule has 2 fully saturated rings. The Morgan fingerprint density at radius 2 is 2.12 bits per heavy atom. The number of rotatable bonds is 0. The lowest BCUT2D eigenvalue weighted by molar-refractivity contribution is -0.121. The van der Waals surface area contributed by atoms with E-state index in [0.29, 0.717) is 30.0 Å². The summed E-state index contributed by atoms with van der Waals surface area (Å²) in [5.41, 5.74) is 0.724. The number of carbonyl (C=O) groups is 2. The Balaban J connectivity index is 1.50. The number of amides is 2. The number of likely N-dealkylation sites (tertiary alicyclic amines) is 1. The van der Waals surface area contributed by atoms with Crippen molar-refractivity contribution in [1.29, 1.82) is 0 Å². The summed E-state index contributed by atoms with van der Waals surface area (Å²) in [7, 11) is 0. The molecule has 2 aromatic heterocycles. The van der Waals surface area contributed by atoms with Crippen LogP contribution < -0.4 is 5.32 Å². The maximum absolute atomic E-state index is 13.5. The Kier molecular flexibility index (Phi) is 5.76. The van der Waals surface area contributed by atoms with Crippen molar-refractivity contribution in [2.24, 2.45) is 5.41 Å². The first kappa shape index (κ1) is 23.0. The molecule has 3 aliphatic rings. The van der Waals surface area contributed by atoms with Gasteiger partial charge < -0.3 is 14.8 Å². The molecule has 1 aliphatic carbocycles. The van der Waals surface area contributed by atoms with Gasteiger partial charge in [0.05, 0.1) is 18.9 Å². The van der Waals surface area contributed by atoms with Gasteiger partial charge in [-0.25, -0.2) is 9.78 Å². The Morgan fingerprint density at radius 3 is 2.91 bits per heavy atom. The Hall–Kier alpha value is -2.72. The molecule has 0 aromatic carbocycles. The standard InChI is InChI=1S/C24H28BrN5O4/c1-23(2,3)34-22(32)30-17-11-24(12-18(24)30)14-29-9-8-16(28-29)5-4-10-33-13-15-6-7-19(25)26-20(15)27-21(17)31/h4-9,17-18H,10-14H2,1-3H3,(H,26,27,31)/b5-4+/t17-,18+,24-/m0/s1. The second-order valence-corrected chi connectivity index (χ2v) is 11.0. The van der Waals surface area contributed by atoms with Crippen LogP contribution >= 0.6 is 15.9 Å². The van der Waals surface area contributed by atoms with Crippen molar-refractivity contribution in [1.82, 2.24) is 19.7 Å². The van der Waals surface area contributed by atoms with Crippen LogP contribution in [0.15, 0.2) is 35.1 Å². The van der Waals surface area contributed by atoms with Gasteiger partial charge in [0.2, 0.25) is 5.91 Å². The topological polar surface area (TPSA) is 98.6 Å². The molecule has 0 unspecified atom stereocenters. The Bertz CT molecular complexity index is 1160. The molecule has 9 nitrogen and oxygen atoms in total. The van der Waals surface area contributed by atoms with Crippen LogP contribution in [0.2, 0.25) is 0 Å². The predicted octanol–water partition coefficient (Wildman–Crippen LogP) is 3.99. The molecule has 180 valence electrons. The van der Waals surface area contributed by atoms with Crippen LogP contribution in [0.1, 0.15) is 44.9 Å². The fourth-order valence-electron chi connectivity index (χ4n) is 4.83. The SMILES string of the molecule is CC(C)(C)OC(=O)N1[C@H]2C[C@]3(C[C@@H]13)Cn1ccc(n1)/C=C/COCc1ccc(Br)nc1NC2=O. The molecule has 5 rings (SSSR count). The highest BCUT2D eigenvalue weighted by Crippen LogP contribution is 2.60. The monoisotopic (exact) mass is 529 g/mol. The maximum Gasteiger partial charge on any atom is 0.411 e. The number of pyridine rings is 1. The zero-order valence-corrected chi connectivity index (χ0v) is 21.0. The normalized spacial score (nSPS) is 27.4. The predicted molar refractivity (Wildman–Crippen MR) is 129 cm³/mol. The lowest BCUT2D eigenvalue weighted by atomic mass is 9.99. The summed E-state index contributed by atoms with van der Waals surface area (Å²) in [4.78, 5) is 32.8. The number of hydrogen-bond acceptors (Lipinski definition) is 6. The highest BCUT2D eigenvalue weighted by atomic mass is 79.9. The first-order chi connectivity index (χ1) is 16.1. The Labute approximate surface area is 206 Å². The van der Waals surface area contributed by atoms with E-state index < -0.39 is 17.7 Å². The molecule has 1 saturated carbocycles. The number of nitrogens with zero attached hydrogens (tertiary/aromatic N) is 4. The van der Waals surface area contributed by atoms with E-state index in [1.807, 2.05) is 62.0 Å². The summed E-state index contributed by atoms with van der Waals surface area (Å²) in [6, 6.07) is 4.88.